The van der Waals surface area contributed by atoms with Gasteiger partial charge in [0, 0.05) is 18.9 Å². The molecular formula is C12H10ClFN2O2. The van der Waals surface area contributed by atoms with Crippen molar-refractivity contribution < 1.29 is 4.39 Å². The van der Waals surface area contributed by atoms with Gasteiger partial charge in [0.1, 0.15) is 5.82 Å². The van der Waals surface area contributed by atoms with Crippen molar-refractivity contribution in [3.05, 3.63) is 62.1 Å². The van der Waals surface area contributed by atoms with E-state index in [0.29, 0.717) is 12.2 Å². The van der Waals surface area contributed by atoms with Crippen LogP contribution in [0.15, 0.2) is 40.2 Å². The largest absolute Gasteiger partial charge is 0.320 e. The van der Waals surface area contributed by atoms with Crippen LogP contribution in [0.5, 0.6) is 0 Å². The summed E-state index contributed by atoms with van der Waals surface area (Å²) in [7, 11) is 0. The van der Waals surface area contributed by atoms with Gasteiger partial charge in [0.05, 0.1) is 10.7 Å². The maximum Gasteiger partial charge on any atom is 0.320 e. The smallest absolute Gasteiger partial charge is 0.310 e. The predicted molar refractivity (Wildman–Crippen MR) is 66.9 cm³/mol. The molecule has 0 radical (unpaired) electrons. The van der Waals surface area contributed by atoms with Crippen molar-refractivity contribution in [1.82, 2.24) is 9.13 Å². The monoisotopic (exact) mass is 268 g/mol. The average Bonchev–Trinajstić information content (AvgIpc) is 2.36. The maximum atomic E-state index is 13.0. The van der Waals surface area contributed by atoms with Gasteiger partial charge in [0.2, 0.25) is 0 Å². The van der Waals surface area contributed by atoms with Crippen LogP contribution in [-0.4, -0.2) is 9.13 Å². The third kappa shape index (κ3) is 2.09. The lowest BCUT2D eigenvalue weighted by atomic mass is 10.3. The zero-order valence-electron chi connectivity index (χ0n) is 9.56. The number of hydrogen-bond donors (Lipinski definition) is 0. The Hall–Kier alpha value is -1.88. The van der Waals surface area contributed by atoms with Crippen LogP contribution in [0.1, 0.15) is 6.92 Å². The number of aryl methyl sites for hydroxylation is 1. The Morgan fingerprint density at radius 2 is 1.94 bits per heavy atom. The SMILES string of the molecule is CCn1ccn(-c2ccc(F)c(Cl)c2)c(=O)c1=O. The molecule has 0 amide bonds. The molecule has 0 aliphatic rings. The Morgan fingerprint density at radius 3 is 2.56 bits per heavy atom. The highest BCUT2D eigenvalue weighted by Gasteiger charge is 2.07. The van der Waals surface area contributed by atoms with Gasteiger partial charge in [-0.2, -0.15) is 0 Å². The van der Waals surface area contributed by atoms with Gasteiger partial charge < -0.3 is 4.57 Å². The molecule has 6 heteroatoms. The van der Waals surface area contributed by atoms with Crippen molar-refractivity contribution in [1.29, 1.82) is 0 Å². The van der Waals surface area contributed by atoms with E-state index in [-0.39, 0.29) is 5.02 Å². The Morgan fingerprint density at radius 1 is 1.22 bits per heavy atom. The van der Waals surface area contributed by atoms with Crippen LogP contribution in [-0.2, 0) is 6.54 Å². The normalized spacial score (nSPS) is 10.6. The van der Waals surface area contributed by atoms with E-state index in [1.54, 1.807) is 6.92 Å². The molecule has 0 fully saturated rings. The molecule has 1 aromatic carbocycles. The first-order valence-corrected chi connectivity index (χ1v) is 5.70. The van der Waals surface area contributed by atoms with Gasteiger partial charge in [0.25, 0.3) is 0 Å². The number of rotatable bonds is 2. The molecule has 0 saturated carbocycles. The molecule has 94 valence electrons. The van der Waals surface area contributed by atoms with E-state index in [4.69, 9.17) is 11.6 Å². The van der Waals surface area contributed by atoms with Crippen molar-refractivity contribution in [3.63, 3.8) is 0 Å². The highest BCUT2D eigenvalue weighted by atomic mass is 35.5. The number of halogens is 2. The Kier molecular flexibility index (Phi) is 3.34. The summed E-state index contributed by atoms with van der Waals surface area (Å²) in [6.07, 6.45) is 2.96. The lowest BCUT2D eigenvalue weighted by Crippen LogP contribution is -2.39. The van der Waals surface area contributed by atoms with E-state index < -0.39 is 16.9 Å². The maximum absolute atomic E-state index is 13.0. The summed E-state index contributed by atoms with van der Waals surface area (Å²) in [6.45, 7) is 2.18. The predicted octanol–water partition coefficient (Wildman–Crippen LogP) is 1.81. The first kappa shape index (κ1) is 12.6. The van der Waals surface area contributed by atoms with E-state index >= 15 is 0 Å². The molecule has 1 aromatic heterocycles. The fourth-order valence-electron chi connectivity index (χ4n) is 1.60. The molecule has 0 spiro atoms. The summed E-state index contributed by atoms with van der Waals surface area (Å²) in [5.41, 5.74) is -0.964. The van der Waals surface area contributed by atoms with Crippen LogP contribution < -0.4 is 11.1 Å². The fourth-order valence-corrected chi connectivity index (χ4v) is 1.77. The third-order valence-corrected chi connectivity index (χ3v) is 2.87. The minimum absolute atomic E-state index is 0.0981. The molecule has 4 nitrogen and oxygen atoms in total. The summed E-state index contributed by atoms with van der Waals surface area (Å²) in [5.74, 6) is -0.574. The van der Waals surface area contributed by atoms with E-state index in [2.05, 4.69) is 0 Å². The lowest BCUT2D eigenvalue weighted by molar-refractivity contribution is 0.627. The highest BCUT2D eigenvalue weighted by Crippen LogP contribution is 2.17. The molecule has 2 rings (SSSR count). The van der Waals surface area contributed by atoms with Gasteiger partial charge in [0.15, 0.2) is 0 Å². The Balaban J connectivity index is 2.65. The minimum Gasteiger partial charge on any atom is -0.310 e. The highest BCUT2D eigenvalue weighted by molar-refractivity contribution is 6.30. The van der Waals surface area contributed by atoms with E-state index in [9.17, 15) is 14.0 Å². The molecule has 0 bridgehead atoms. The van der Waals surface area contributed by atoms with Crippen LogP contribution >= 0.6 is 11.6 Å². The molecule has 2 aromatic rings. The summed E-state index contributed by atoms with van der Waals surface area (Å²) in [5, 5.41) is -0.0981. The third-order valence-electron chi connectivity index (χ3n) is 2.58. The second kappa shape index (κ2) is 4.78. The van der Waals surface area contributed by atoms with Gasteiger partial charge in [-0.25, -0.2) is 4.39 Å². The van der Waals surface area contributed by atoms with Crippen LogP contribution in [0.2, 0.25) is 5.02 Å². The van der Waals surface area contributed by atoms with E-state index in [1.807, 2.05) is 0 Å². The molecule has 0 saturated heterocycles. The molecule has 0 N–H and O–H groups in total. The molecule has 1 heterocycles. The number of benzene rings is 1. The summed E-state index contributed by atoms with van der Waals surface area (Å²) >= 11 is 5.64. The molecule has 0 aliphatic heterocycles. The lowest BCUT2D eigenvalue weighted by Gasteiger charge is -2.07. The fraction of sp³-hybridized carbons (Fsp3) is 0.167. The van der Waals surface area contributed by atoms with Crippen molar-refractivity contribution in [2.24, 2.45) is 0 Å². The van der Waals surface area contributed by atoms with Gasteiger partial charge in [-0.05, 0) is 25.1 Å². The topological polar surface area (TPSA) is 44.0 Å². The molecule has 0 unspecified atom stereocenters. The average molecular weight is 269 g/mol. The second-order valence-corrected chi connectivity index (χ2v) is 4.07. The van der Waals surface area contributed by atoms with Crippen LogP contribution in [0, 0.1) is 5.82 Å². The first-order valence-electron chi connectivity index (χ1n) is 5.32. The molecule has 0 aliphatic carbocycles. The van der Waals surface area contributed by atoms with Crippen molar-refractivity contribution in [2.45, 2.75) is 13.5 Å². The van der Waals surface area contributed by atoms with Crippen LogP contribution in [0.4, 0.5) is 4.39 Å². The number of aromatic nitrogens is 2. The standard InChI is InChI=1S/C12H10ClFN2O2/c1-2-15-5-6-16(12(18)11(15)17)8-3-4-10(14)9(13)7-8/h3-7H,2H2,1H3. The van der Waals surface area contributed by atoms with Crippen molar-refractivity contribution in [2.75, 3.05) is 0 Å². The quantitative estimate of drug-likeness (QED) is 0.780. The second-order valence-electron chi connectivity index (χ2n) is 3.66. The van der Waals surface area contributed by atoms with Crippen molar-refractivity contribution in [3.8, 4) is 5.69 Å². The number of nitrogens with zero attached hydrogens (tertiary/aromatic N) is 2. The Labute approximate surface area is 107 Å². The van der Waals surface area contributed by atoms with Crippen LogP contribution in [0.25, 0.3) is 5.69 Å². The van der Waals surface area contributed by atoms with Gasteiger partial charge in [-0.15, -0.1) is 0 Å². The van der Waals surface area contributed by atoms with Crippen LogP contribution in [0.3, 0.4) is 0 Å². The molecule has 18 heavy (non-hydrogen) atoms. The zero-order valence-corrected chi connectivity index (χ0v) is 10.3. The minimum atomic E-state index is -0.693. The zero-order chi connectivity index (χ0) is 13.3. The summed E-state index contributed by atoms with van der Waals surface area (Å²) in [4.78, 5) is 23.5. The van der Waals surface area contributed by atoms with E-state index in [1.165, 1.54) is 29.1 Å². The van der Waals surface area contributed by atoms with E-state index in [0.717, 1.165) is 10.6 Å². The summed E-state index contributed by atoms with van der Waals surface area (Å²) < 4.78 is 15.5. The van der Waals surface area contributed by atoms with Gasteiger partial charge in [-0.3, -0.25) is 14.2 Å². The Bertz CT molecular complexity index is 706. The molecular weight excluding hydrogens is 259 g/mol. The number of hydrogen-bond acceptors (Lipinski definition) is 2. The summed E-state index contributed by atoms with van der Waals surface area (Å²) in [6, 6.07) is 3.84. The van der Waals surface area contributed by atoms with Gasteiger partial charge in [-0.1, -0.05) is 11.6 Å². The van der Waals surface area contributed by atoms with Gasteiger partial charge >= 0.3 is 11.1 Å². The van der Waals surface area contributed by atoms with Crippen molar-refractivity contribution >= 4 is 11.6 Å². The molecule has 0 atom stereocenters. The first-order chi connectivity index (χ1) is 8.54.